The van der Waals surface area contributed by atoms with Crippen LogP contribution in [-0.2, 0) is 19.6 Å². The fourth-order valence-corrected chi connectivity index (χ4v) is 4.39. The molecule has 1 saturated heterocycles. The Kier molecular flexibility index (Phi) is 6.51. The molecule has 1 atom stereocenters. The largest absolute Gasteiger partial charge is 0.507 e. The van der Waals surface area contributed by atoms with Gasteiger partial charge in [-0.2, -0.15) is 0 Å². The monoisotopic (exact) mass is 496 g/mol. The number of nitrogens with two attached hydrogens (primary N) is 1. The van der Waals surface area contributed by atoms with Gasteiger partial charge in [-0.1, -0.05) is 19.1 Å². The average Bonchev–Trinajstić information content (AvgIpc) is 3.37. The minimum Gasteiger partial charge on any atom is -0.507 e. The molecule has 1 amide bonds. The molecule has 10 heteroatoms. The molecule has 0 radical (unpaired) electrons. The van der Waals surface area contributed by atoms with Crippen molar-refractivity contribution >= 4 is 33.2 Å². The van der Waals surface area contributed by atoms with Gasteiger partial charge in [0, 0.05) is 11.3 Å². The minimum absolute atomic E-state index is 0.146. The van der Waals surface area contributed by atoms with Gasteiger partial charge in [-0.3, -0.25) is 14.5 Å². The Labute approximate surface area is 202 Å². The van der Waals surface area contributed by atoms with E-state index in [9.17, 15) is 23.1 Å². The minimum atomic E-state index is -3.95. The van der Waals surface area contributed by atoms with Crippen molar-refractivity contribution in [2.45, 2.75) is 31.2 Å². The molecule has 3 N–H and O–H groups in total. The third-order valence-corrected chi connectivity index (χ3v) is 6.43. The van der Waals surface area contributed by atoms with Gasteiger partial charge in [-0.15, -0.1) is 0 Å². The number of ketones is 1. The standard InChI is InChI=1S/C25H24N2O7S/c1-3-13-33-18-6-4-5-16(14-18)23(28)21-22(20-12-7-15(2)34-20)27(25(30)24(21)29)17-8-10-19(11-9-17)35(26,31)32/h4-12,14,22,28H,3,13H2,1-2H3,(H2,26,31,32)/b23-21-. The smallest absolute Gasteiger partial charge is 0.300 e. The van der Waals surface area contributed by atoms with Crippen molar-refractivity contribution in [3.05, 3.63) is 83.3 Å². The van der Waals surface area contributed by atoms with E-state index in [0.717, 1.165) is 11.3 Å². The quantitative estimate of drug-likeness (QED) is 0.289. The van der Waals surface area contributed by atoms with Crippen LogP contribution in [0.5, 0.6) is 5.75 Å². The molecule has 1 aliphatic heterocycles. The molecule has 2 aromatic carbocycles. The molecule has 35 heavy (non-hydrogen) atoms. The number of primary sulfonamides is 1. The van der Waals surface area contributed by atoms with Crippen molar-refractivity contribution in [2.75, 3.05) is 11.5 Å². The molecule has 0 saturated carbocycles. The highest BCUT2D eigenvalue weighted by molar-refractivity contribution is 7.89. The van der Waals surface area contributed by atoms with Crippen LogP contribution in [0.4, 0.5) is 5.69 Å². The van der Waals surface area contributed by atoms with Crippen molar-refractivity contribution in [1.82, 2.24) is 0 Å². The lowest BCUT2D eigenvalue weighted by Gasteiger charge is -2.23. The van der Waals surface area contributed by atoms with Crippen LogP contribution in [0.15, 0.2) is 75.5 Å². The van der Waals surface area contributed by atoms with Gasteiger partial charge in [0.1, 0.15) is 29.1 Å². The Bertz CT molecular complexity index is 1420. The van der Waals surface area contributed by atoms with Crippen molar-refractivity contribution in [3.63, 3.8) is 0 Å². The first-order valence-corrected chi connectivity index (χ1v) is 12.4. The summed E-state index contributed by atoms with van der Waals surface area (Å²) in [6.45, 7) is 4.16. The Hall–Kier alpha value is -3.89. The molecule has 4 rings (SSSR count). The van der Waals surface area contributed by atoms with E-state index in [1.807, 2.05) is 6.92 Å². The van der Waals surface area contributed by atoms with Crippen molar-refractivity contribution in [1.29, 1.82) is 0 Å². The highest BCUT2D eigenvalue weighted by Gasteiger charge is 2.48. The summed E-state index contributed by atoms with van der Waals surface area (Å²) in [4.78, 5) is 27.4. The van der Waals surface area contributed by atoms with Gasteiger partial charge >= 0.3 is 0 Å². The summed E-state index contributed by atoms with van der Waals surface area (Å²) in [6, 6.07) is 14.0. The number of carbonyl (C=O) groups is 2. The topological polar surface area (TPSA) is 140 Å². The number of aliphatic hydroxyl groups is 1. The second-order valence-electron chi connectivity index (χ2n) is 8.03. The van der Waals surface area contributed by atoms with Gasteiger partial charge in [-0.25, -0.2) is 13.6 Å². The first kappa shape index (κ1) is 24.2. The first-order chi connectivity index (χ1) is 16.6. The fraction of sp³-hybridized carbons (Fsp3) is 0.200. The van der Waals surface area contributed by atoms with E-state index in [-0.39, 0.29) is 27.7 Å². The normalized spacial score (nSPS) is 17.7. The average molecular weight is 497 g/mol. The van der Waals surface area contributed by atoms with Gasteiger partial charge in [0.15, 0.2) is 0 Å². The zero-order chi connectivity index (χ0) is 25.3. The third kappa shape index (κ3) is 4.71. The Morgan fingerprint density at radius 2 is 1.83 bits per heavy atom. The summed E-state index contributed by atoms with van der Waals surface area (Å²) in [5.74, 6) is -0.867. The maximum atomic E-state index is 13.2. The molecule has 182 valence electrons. The predicted octanol–water partition coefficient (Wildman–Crippen LogP) is 3.65. The summed E-state index contributed by atoms with van der Waals surface area (Å²) in [7, 11) is -3.95. The third-order valence-electron chi connectivity index (χ3n) is 5.50. The number of rotatable bonds is 7. The van der Waals surface area contributed by atoms with E-state index in [0.29, 0.717) is 23.7 Å². The van der Waals surface area contributed by atoms with E-state index in [2.05, 4.69) is 0 Å². The molecule has 9 nitrogen and oxygen atoms in total. The number of sulfonamides is 1. The van der Waals surface area contributed by atoms with Gasteiger partial charge in [0.25, 0.3) is 11.7 Å². The number of Topliss-reactive ketones (excluding diaryl/α,β-unsaturated/α-hetero) is 1. The SMILES string of the molecule is CCCOc1cccc(/C(O)=C2/C(=O)C(=O)N(c3ccc(S(N)(=O)=O)cc3)C2c2ccc(C)o2)c1. The zero-order valence-electron chi connectivity index (χ0n) is 19.1. The Balaban J connectivity index is 1.86. The lowest BCUT2D eigenvalue weighted by molar-refractivity contribution is -0.132. The number of hydrogen-bond donors (Lipinski definition) is 2. The van der Waals surface area contributed by atoms with E-state index in [1.165, 1.54) is 24.3 Å². The molecule has 2 heterocycles. The molecule has 3 aromatic rings. The fourth-order valence-electron chi connectivity index (χ4n) is 3.87. The van der Waals surface area contributed by atoms with Crippen LogP contribution < -0.4 is 14.8 Å². The summed E-state index contributed by atoms with van der Waals surface area (Å²) >= 11 is 0. The number of furan rings is 1. The van der Waals surface area contributed by atoms with Gasteiger partial charge in [0.2, 0.25) is 10.0 Å². The highest BCUT2D eigenvalue weighted by Crippen LogP contribution is 2.43. The molecule has 1 aliphatic rings. The molecule has 0 bridgehead atoms. The van der Waals surface area contributed by atoms with Crippen LogP contribution in [0.25, 0.3) is 5.76 Å². The van der Waals surface area contributed by atoms with Crippen molar-refractivity contribution in [2.24, 2.45) is 5.14 Å². The molecular formula is C25H24N2O7S. The number of ether oxygens (including phenoxy) is 1. The zero-order valence-corrected chi connectivity index (χ0v) is 19.9. The molecule has 1 fully saturated rings. The number of benzene rings is 2. The number of carbonyl (C=O) groups excluding carboxylic acids is 2. The number of aliphatic hydroxyl groups excluding tert-OH is 1. The highest BCUT2D eigenvalue weighted by atomic mass is 32.2. The predicted molar refractivity (Wildman–Crippen MR) is 128 cm³/mol. The van der Waals surface area contributed by atoms with Crippen LogP contribution in [0.1, 0.15) is 36.5 Å². The first-order valence-electron chi connectivity index (χ1n) is 10.8. The van der Waals surface area contributed by atoms with E-state index in [4.69, 9.17) is 14.3 Å². The molecular weight excluding hydrogens is 472 g/mol. The molecule has 1 unspecified atom stereocenters. The maximum absolute atomic E-state index is 13.2. The van der Waals surface area contributed by atoms with E-state index >= 15 is 0 Å². The second kappa shape index (κ2) is 9.40. The number of anilines is 1. The number of hydrogen-bond acceptors (Lipinski definition) is 7. The second-order valence-corrected chi connectivity index (χ2v) is 9.59. The number of aryl methyl sites for hydroxylation is 1. The van der Waals surface area contributed by atoms with Crippen LogP contribution in [-0.4, -0.2) is 31.8 Å². The lowest BCUT2D eigenvalue weighted by Crippen LogP contribution is -2.29. The summed E-state index contributed by atoms with van der Waals surface area (Å²) in [5.41, 5.74) is 0.375. The summed E-state index contributed by atoms with van der Waals surface area (Å²) in [5, 5.41) is 16.4. The van der Waals surface area contributed by atoms with E-state index < -0.39 is 27.8 Å². The number of nitrogens with zero attached hydrogens (tertiary/aromatic N) is 1. The van der Waals surface area contributed by atoms with Crippen molar-refractivity contribution < 1.29 is 32.3 Å². The van der Waals surface area contributed by atoms with Gasteiger partial charge < -0.3 is 14.3 Å². The summed E-state index contributed by atoms with van der Waals surface area (Å²) in [6.07, 6.45) is 0.795. The van der Waals surface area contributed by atoms with Crippen LogP contribution in [0.2, 0.25) is 0 Å². The molecule has 0 aliphatic carbocycles. The Morgan fingerprint density at radius 1 is 1.11 bits per heavy atom. The molecule has 1 aromatic heterocycles. The van der Waals surface area contributed by atoms with E-state index in [1.54, 1.807) is 43.3 Å². The van der Waals surface area contributed by atoms with Gasteiger partial charge in [0.05, 0.1) is 17.1 Å². The number of amides is 1. The Morgan fingerprint density at radius 3 is 2.43 bits per heavy atom. The summed E-state index contributed by atoms with van der Waals surface area (Å²) < 4.78 is 34.7. The van der Waals surface area contributed by atoms with Crippen LogP contribution in [0, 0.1) is 6.92 Å². The van der Waals surface area contributed by atoms with Crippen LogP contribution >= 0.6 is 0 Å². The molecule has 0 spiro atoms. The lowest BCUT2D eigenvalue weighted by atomic mass is 9.99. The van der Waals surface area contributed by atoms with Crippen molar-refractivity contribution in [3.8, 4) is 5.75 Å². The maximum Gasteiger partial charge on any atom is 0.300 e. The van der Waals surface area contributed by atoms with Crippen LogP contribution in [0.3, 0.4) is 0 Å². The van der Waals surface area contributed by atoms with Gasteiger partial charge in [-0.05, 0) is 61.9 Å².